The standard InChI is InChI=1S/C17H17F3N2O3S/c1-22(9-11-5-3-4-6-12(11)17(18,19)20)10-14(23)21-13-7-8-26-15(13)16(24)25-2/h3-8H,9-10H2,1-2H3,(H,21,23). The second kappa shape index (κ2) is 8.33. The van der Waals surface area contributed by atoms with Crippen molar-refractivity contribution in [1.29, 1.82) is 0 Å². The molecule has 0 unspecified atom stereocenters. The molecular weight excluding hydrogens is 369 g/mol. The maximum atomic E-state index is 13.0. The number of anilines is 1. The first-order chi connectivity index (χ1) is 12.2. The van der Waals surface area contributed by atoms with E-state index in [0.717, 1.165) is 17.4 Å². The molecule has 0 fully saturated rings. The summed E-state index contributed by atoms with van der Waals surface area (Å²) >= 11 is 1.12. The normalized spacial score (nSPS) is 11.5. The molecule has 1 aromatic heterocycles. The minimum absolute atomic E-state index is 0.0450. The van der Waals surface area contributed by atoms with Crippen LogP contribution < -0.4 is 5.32 Å². The molecule has 1 N–H and O–H groups in total. The van der Waals surface area contributed by atoms with Gasteiger partial charge in [0.1, 0.15) is 4.88 Å². The van der Waals surface area contributed by atoms with E-state index in [1.807, 2.05) is 0 Å². The molecule has 0 aliphatic carbocycles. The molecule has 0 saturated heterocycles. The number of amides is 1. The molecule has 1 aromatic carbocycles. The van der Waals surface area contributed by atoms with Gasteiger partial charge in [-0.2, -0.15) is 13.2 Å². The molecule has 9 heteroatoms. The third-order valence-corrected chi connectivity index (χ3v) is 4.38. The molecule has 1 heterocycles. The summed E-state index contributed by atoms with van der Waals surface area (Å²) < 4.78 is 43.7. The van der Waals surface area contributed by atoms with Crippen molar-refractivity contribution in [1.82, 2.24) is 4.90 Å². The number of alkyl halides is 3. The number of methoxy groups -OCH3 is 1. The van der Waals surface area contributed by atoms with E-state index in [9.17, 15) is 22.8 Å². The predicted molar refractivity (Wildman–Crippen MR) is 92.1 cm³/mol. The Morgan fingerprint density at radius 2 is 1.92 bits per heavy atom. The van der Waals surface area contributed by atoms with Gasteiger partial charge < -0.3 is 10.1 Å². The van der Waals surface area contributed by atoms with E-state index in [2.05, 4.69) is 10.1 Å². The highest BCUT2D eigenvalue weighted by Gasteiger charge is 2.33. The van der Waals surface area contributed by atoms with Crippen LogP contribution >= 0.6 is 11.3 Å². The van der Waals surface area contributed by atoms with E-state index in [0.29, 0.717) is 5.69 Å². The van der Waals surface area contributed by atoms with Gasteiger partial charge in [-0.25, -0.2) is 4.79 Å². The number of carbonyl (C=O) groups is 2. The van der Waals surface area contributed by atoms with E-state index in [1.54, 1.807) is 18.5 Å². The first-order valence-corrected chi connectivity index (χ1v) is 8.39. The van der Waals surface area contributed by atoms with Crippen LogP contribution in [0.15, 0.2) is 35.7 Å². The van der Waals surface area contributed by atoms with Gasteiger partial charge in [-0.15, -0.1) is 11.3 Å². The Hall–Kier alpha value is -2.39. The fourth-order valence-electron chi connectivity index (χ4n) is 2.37. The van der Waals surface area contributed by atoms with Crippen molar-refractivity contribution in [2.75, 3.05) is 26.0 Å². The molecule has 5 nitrogen and oxygen atoms in total. The second-order valence-electron chi connectivity index (χ2n) is 5.53. The molecule has 0 saturated carbocycles. The van der Waals surface area contributed by atoms with Crippen molar-refractivity contribution < 1.29 is 27.5 Å². The Labute approximate surface area is 152 Å². The molecule has 0 spiro atoms. The average Bonchev–Trinajstić information content (AvgIpc) is 3.01. The average molecular weight is 386 g/mol. The van der Waals surface area contributed by atoms with Gasteiger partial charge in [0, 0.05) is 6.54 Å². The van der Waals surface area contributed by atoms with Gasteiger partial charge in [0.15, 0.2) is 0 Å². The van der Waals surface area contributed by atoms with Crippen LogP contribution in [0.4, 0.5) is 18.9 Å². The maximum Gasteiger partial charge on any atom is 0.416 e. The van der Waals surface area contributed by atoms with Crippen molar-refractivity contribution in [3.8, 4) is 0 Å². The fraction of sp³-hybridized carbons (Fsp3) is 0.294. The second-order valence-corrected chi connectivity index (χ2v) is 6.45. The SMILES string of the molecule is COC(=O)c1sccc1NC(=O)CN(C)Cc1ccccc1C(F)(F)F. The Morgan fingerprint density at radius 3 is 2.58 bits per heavy atom. The smallest absolute Gasteiger partial charge is 0.416 e. The number of halogens is 3. The monoisotopic (exact) mass is 386 g/mol. The van der Waals surface area contributed by atoms with Crippen molar-refractivity contribution in [3.63, 3.8) is 0 Å². The maximum absolute atomic E-state index is 13.0. The van der Waals surface area contributed by atoms with Gasteiger partial charge in [0.2, 0.25) is 5.91 Å². The number of ether oxygens (including phenoxy) is 1. The quantitative estimate of drug-likeness (QED) is 0.771. The highest BCUT2D eigenvalue weighted by molar-refractivity contribution is 7.12. The Kier molecular flexibility index (Phi) is 6.38. The van der Waals surface area contributed by atoms with Crippen LogP contribution in [0.25, 0.3) is 0 Å². The number of benzene rings is 1. The minimum atomic E-state index is -4.45. The first-order valence-electron chi connectivity index (χ1n) is 7.51. The van der Waals surface area contributed by atoms with Crippen LogP contribution in [0.2, 0.25) is 0 Å². The molecule has 0 radical (unpaired) electrons. The van der Waals surface area contributed by atoms with Crippen molar-refractivity contribution in [3.05, 3.63) is 51.7 Å². The Bertz CT molecular complexity index is 790. The van der Waals surface area contributed by atoms with Gasteiger partial charge in [-0.05, 0) is 30.1 Å². The van der Waals surface area contributed by atoms with Crippen LogP contribution in [0.3, 0.4) is 0 Å². The lowest BCUT2D eigenvalue weighted by Gasteiger charge is -2.19. The Balaban J connectivity index is 2.01. The van der Waals surface area contributed by atoms with Gasteiger partial charge in [-0.3, -0.25) is 9.69 Å². The molecule has 2 aromatic rings. The number of likely N-dealkylation sites (N-methyl/N-ethyl adjacent to an activating group) is 1. The highest BCUT2D eigenvalue weighted by Crippen LogP contribution is 2.32. The topological polar surface area (TPSA) is 58.6 Å². The van der Waals surface area contributed by atoms with Crippen molar-refractivity contribution in [2.45, 2.75) is 12.7 Å². The number of esters is 1. The summed E-state index contributed by atoms with van der Waals surface area (Å²) in [6.07, 6.45) is -4.45. The van der Waals surface area contributed by atoms with Crippen LogP contribution in [0.1, 0.15) is 20.8 Å². The molecule has 0 bridgehead atoms. The third-order valence-electron chi connectivity index (χ3n) is 3.49. The predicted octanol–water partition coefficient (Wildman–Crippen LogP) is 3.62. The van der Waals surface area contributed by atoms with E-state index in [-0.39, 0.29) is 23.5 Å². The summed E-state index contributed by atoms with van der Waals surface area (Å²) in [4.78, 5) is 25.4. The minimum Gasteiger partial charge on any atom is -0.465 e. The highest BCUT2D eigenvalue weighted by atomic mass is 32.1. The number of hydrogen-bond acceptors (Lipinski definition) is 5. The fourth-order valence-corrected chi connectivity index (χ4v) is 3.14. The summed E-state index contributed by atoms with van der Waals surface area (Å²) in [5.41, 5.74) is -0.324. The molecular formula is C17H17F3N2O3S. The number of carbonyl (C=O) groups excluding carboxylic acids is 2. The van der Waals surface area contributed by atoms with Crippen LogP contribution in [-0.2, 0) is 22.3 Å². The number of thiophene rings is 1. The van der Waals surface area contributed by atoms with Crippen LogP contribution in [0, 0.1) is 0 Å². The molecule has 140 valence electrons. The number of nitrogens with zero attached hydrogens (tertiary/aromatic N) is 1. The zero-order valence-corrected chi connectivity index (χ0v) is 14.9. The van der Waals surface area contributed by atoms with Gasteiger partial charge in [0.05, 0.1) is 24.9 Å². The van der Waals surface area contributed by atoms with Gasteiger partial charge >= 0.3 is 12.1 Å². The summed E-state index contributed by atoms with van der Waals surface area (Å²) in [5, 5.41) is 4.20. The van der Waals surface area contributed by atoms with Gasteiger partial charge in [0.25, 0.3) is 0 Å². The lowest BCUT2D eigenvalue weighted by molar-refractivity contribution is -0.138. The number of hydrogen-bond donors (Lipinski definition) is 1. The number of rotatable bonds is 6. The lowest BCUT2D eigenvalue weighted by atomic mass is 10.1. The van der Waals surface area contributed by atoms with Gasteiger partial charge in [-0.1, -0.05) is 18.2 Å². The molecule has 1 amide bonds. The van der Waals surface area contributed by atoms with Crippen molar-refractivity contribution >= 4 is 28.9 Å². The molecule has 2 rings (SSSR count). The summed E-state index contributed by atoms with van der Waals surface area (Å²) in [7, 11) is 2.78. The van der Waals surface area contributed by atoms with E-state index >= 15 is 0 Å². The molecule has 0 aliphatic heterocycles. The largest absolute Gasteiger partial charge is 0.465 e. The molecule has 26 heavy (non-hydrogen) atoms. The van der Waals surface area contributed by atoms with Crippen LogP contribution in [0.5, 0.6) is 0 Å². The van der Waals surface area contributed by atoms with E-state index in [1.165, 1.54) is 30.2 Å². The Morgan fingerprint density at radius 1 is 1.23 bits per heavy atom. The zero-order chi connectivity index (χ0) is 19.3. The number of nitrogens with one attached hydrogen (secondary N) is 1. The van der Waals surface area contributed by atoms with Crippen LogP contribution in [-0.4, -0.2) is 37.5 Å². The summed E-state index contributed by atoms with van der Waals surface area (Å²) in [5.74, 6) is -1.01. The third kappa shape index (κ3) is 5.06. The zero-order valence-electron chi connectivity index (χ0n) is 14.1. The summed E-state index contributed by atoms with van der Waals surface area (Å²) in [6.45, 7) is -0.181. The summed E-state index contributed by atoms with van der Waals surface area (Å²) in [6, 6.07) is 6.80. The first kappa shape index (κ1) is 19.9. The van der Waals surface area contributed by atoms with E-state index in [4.69, 9.17) is 0 Å². The molecule has 0 aliphatic rings. The molecule has 0 atom stereocenters. The van der Waals surface area contributed by atoms with E-state index < -0.39 is 23.6 Å². The van der Waals surface area contributed by atoms with Crippen molar-refractivity contribution in [2.24, 2.45) is 0 Å². The lowest BCUT2D eigenvalue weighted by Crippen LogP contribution is -2.30.